The fourth-order valence-corrected chi connectivity index (χ4v) is 7.15. The van der Waals surface area contributed by atoms with E-state index >= 15 is 0 Å². The lowest BCUT2D eigenvalue weighted by molar-refractivity contribution is -0.000118. The number of hydrogen-bond donors (Lipinski definition) is 1. The summed E-state index contributed by atoms with van der Waals surface area (Å²) in [5.41, 5.74) is 4.98. The number of anilines is 1. The second kappa shape index (κ2) is 9.79. The van der Waals surface area contributed by atoms with Crippen LogP contribution in [0.3, 0.4) is 0 Å². The zero-order chi connectivity index (χ0) is 26.6. The third kappa shape index (κ3) is 4.66. The number of rotatable bonds is 5. The van der Waals surface area contributed by atoms with Crippen molar-refractivity contribution < 1.29 is 4.74 Å². The SMILES string of the molecule is CC1CCN(Cc2cc3ccc(Cn4ccc5c(N6CC7(CCOCC7)C6)cncc5c4=O)cc3[nH]2)C(C)C1. The molecule has 39 heavy (non-hydrogen) atoms. The molecule has 1 aromatic carbocycles. The molecule has 7 nitrogen and oxygen atoms in total. The first kappa shape index (κ1) is 24.9. The molecule has 7 heteroatoms. The van der Waals surface area contributed by atoms with Gasteiger partial charge in [0.2, 0.25) is 0 Å². The number of nitrogens with one attached hydrogen (secondary N) is 1. The minimum absolute atomic E-state index is 0.0174. The van der Waals surface area contributed by atoms with Crippen LogP contribution in [0.4, 0.5) is 5.69 Å². The lowest BCUT2D eigenvalue weighted by atomic mass is 9.73. The van der Waals surface area contributed by atoms with Crippen LogP contribution in [0.25, 0.3) is 21.7 Å². The van der Waals surface area contributed by atoms with Crippen LogP contribution in [0.1, 0.15) is 50.8 Å². The highest BCUT2D eigenvalue weighted by atomic mass is 16.5. The number of hydrogen-bond acceptors (Lipinski definition) is 5. The van der Waals surface area contributed by atoms with Gasteiger partial charge in [-0.1, -0.05) is 19.1 Å². The van der Waals surface area contributed by atoms with Gasteiger partial charge in [-0.2, -0.15) is 0 Å². The molecule has 7 rings (SSSR count). The van der Waals surface area contributed by atoms with Crippen molar-refractivity contribution in [3.8, 4) is 0 Å². The predicted molar refractivity (Wildman–Crippen MR) is 156 cm³/mol. The predicted octanol–water partition coefficient (Wildman–Crippen LogP) is 5.16. The van der Waals surface area contributed by atoms with Gasteiger partial charge in [0.25, 0.3) is 5.56 Å². The quantitative estimate of drug-likeness (QED) is 0.390. The van der Waals surface area contributed by atoms with Crippen LogP contribution in [0.15, 0.2) is 53.7 Å². The number of nitrogens with zero attached hydrogens (tertiary/aromatic N) is 4. The highest BCUT2D eigenvalue weighted by molar-refractivity contribution is 5.93. The number of ether oxygens (including phenoxy) is 1. The number of pyridine rings is 2. The van der Waals surface area contributed by atoms with Crippen molar-refractivity contribution in [2.45, 2.75) is 58.7 Å². The Morgan fingerprint density at radius 1 is 1.05 bits per heavy atom. The van der Waals surface area contributed by atoms with Crippen molar-refractivity contribution in [1.29, 1.82) is 0 Å². The zero-order valence-corrected chi connectivity index (χ0v) is 23.2. The van der Waals surface area contributed by atoms with Gasteiger partial charge in [0.1, 0.15) is 0 Å². The Hall–Kier alpha value is -3.16. The van der Waals surface area contributed by atoms with Gasteiger partial charge in [0, 0.05) is 73.3 Å². The Labute approximate surface area is 229 Å². The van der Waals surface area contributed by atoms with Crippen molar-refractivity contribution in [3.63, 3.8) is 0 Å². The average molecular weight is 526 g/mol. The average Bonchev–Trinajstić information content (AvgIpc) is 3.32. The molecule has 1 N–H and O–H groups in total. The molecule has 2 atom stereocenters. The number of aromatic nitrogens is 3. The second-order valence-corrected chi connectivity index (χ2v) is 12.5. The number of H-pyrrole nitrogens is 1. The monoisotopic (exact) mass is 525 g/mol. The van der Waals surface area contributed by atoms with Crippen LogP contribution in [0, 0.1) is 11.3 Å². The van der Waals surface area contributed by atoms with E-state index < -0.39 is 0 Å². The van der Waals surface area contributed by atoms with E-state index in [2.05, 4.69) is 63.9 Å². The summed E-state index contributed by atoms with van der Waals surface area (Å²) in [4.78, 5) is 26.6. The molecule has 0 radical (unpaired) electrons. The fourth-order valence-electron chi connectivity index (χ4n) is 7.15. The molecule has 4 aromatic rings. The van der Waals surface area contributed by atoms with Gasteiger partial charge in [-0.3, -0.25) is 14.7 Å². The highest BCUT2D eigenvalue weighted by Gasteiger charge is 2.44. The minimum atomic E-state index is 0.0174. The summed E-state index contributed by atoms with van der Waals surface area (Å²) in [5.74, 6) is 0.822. The van der Waals surface area contributed by atoms with Gasteiger partial charge in [-0.05, 0) is 74.2 Å². The van der Waals surface area contributed by atoms with Crippen molar-refractivity contribution in [1.82, 2.24) is 19.4 Å². The van der Waals surface area contributed by atoms with Gasteiger partial charge < -0.3 is 19.2 Å². The molecular formula is C32H39N5O2. The van der Waals surface area contributed by atoms with Gasteiger partial charge in [-0.15, -0.1) is 0 Å². The van der Waals surface area contributed by atoms with Crippen molar-refractivity contribution in [2.75, 3.05) is 37.7 Å². The molecule has 0 saturated carbocycles. The number of aromatic amines is 1. The standard InChI is InChI=1S/C32H39N5O2/c1-22-5-9-35(23(2)13-22)19-26-15-25-4-3-24(14-29(25)34-26)18-36-10-6-27-28(31(36)38)16-33-17-30(27)37-20-32(21-37)7-11-39-12-8-32/h3-4,6,10,14-17,22-23,34H,5,7-9,11-13,18-21H2,1-2H3. The molecule has 3 aliphatic heterocycles. The maximum absolute atomic E-state index is 13.5. The van der Waals surface area contributed by atoms with Gasteiger partial charge in [0.05, 0.1) is 23.8 Å². The lowest BCUT2D eigenvalue weighted by Gasteiger charge is -2.53. The zero-order valence-electron chi connectivity index (χ0n) is 23.2. The maximum atomic E-state index is 13.5. The molecule has 0 amide bonds. The van der Waals surface area contributed by atoms with Gasteiger partial charge in [-0.25, -0.2) is 0 Å². The molecule has 0 aliphatic carbocycles. The Morgan fingerprint density at radius 3 is 2.72 bits per heavy atom. The van der Waals surface area contributed by atoms with Crippen LogP contribution in [-0.2, 0) is 17.8 Å². The van der Waals surface area contributed by atoms with Crippen LogP contribution < -0.4 is 10.5 Å². The van der Waals surface area contributed by atoms with Crippen molar-refractivity contribution >= 4 is 27.4 Å². The van der Waals surface area contributed by atoms with E-state index in [1.165, 1.54) is 23.9 Å². The van der Waals surface area contributed by atoms with E-state index in [4.69, 9.17) is 4.74 Å². The summed E-state index contributed by atoms with van der Waals surface area (Å²) in [6.07, 6.45) is 10.4. The summed E-state index contributed by atoms with van der Waals surface area (Å²) >= 11 is 0. The molecule has 3 fully saturated rings. The molecule has 6 heterocycles. The third-order valence-corrected chi connectivity index (χ3v) is 9.57. The molecule has 3 aromatic heterocycles. The number of piperidine rings is 1. The summed E-state index contributed by atoms with van der Waals surface area (Å²) in [6.45, 7) is 11.1. The first-order chi connectivity index (χ1) is 19.0. The molecule has 204 valence electrons. The molecule has 3 aliphatic rings. The van der Waals surface area contributed by atoms with E-state index in [9.17, 15) is 4.79 Å². The number of likely N-dealkylation sites (tertiary alicyclic amines) is 1. The topological polar surface area (TPSA) is 66.4 Å². The van der Waals surface area contributed by atoms with E-state index in [1.54, 1.807) is 6.20 Å². The largest absolute Gasteiger partial charge is 0.381 e. The lowest BCUT2D eigenvalue weighted by Crippen LogP contribution is -2.58. The molecule has 1 spiro atoms. The number of fused-ring (bicyclic) bond motifs is 2. The van der Waals surface area contributed by atoms with Crippen molar-refractivity contribution in [3.05, 3.63) is 70.5 Å². The Morgan fingerprint density at radius 2 is 1.90 bits per heavy atom. The molecule has 2 unspecified atom stereocenters. The summed E-state index contributed by atoms with van der Waals surface area (Å²) < 4.78 is 7.38. The van der Waals surface area contributed by atoms with E-state index in [-0.39, 0.29) is 5.56 Å². The van der Waals surface area contributed by atoms with Crippen molar-refractivity contribution in [2.24, 2.45) is 11.3 Å². The van der Waals surface area contributed by atoms with Crippen LogP contribution >= 0.6 is 0 Å². The second-order valence-electron chi connectivity index (χ2n) is 12.5. The summed E-state index contributed by atoms with van der Waals surface area (Å²) in [6, 6.07) is 11.5. The Bertz CT molecular complexity index is 1560. The molecule has 0 bridgehead atoms. The first-order valence-electron chi connectivity index (χ1n) is 14.6. The Balaban J connectivity index is 1.10. The van der Waals surface area contributed by atoms with Gasteiger partial charge >= 0.3 is 0 Å². The molecule has 3 saturated heterocycles. The van der Waals surface area contributed by atoms with Crippen LogP contribution in [-0.4, -0.2) is 58.3 Å². The third-order valence-electron chi connectivity index (χ3n) is 9.57. The molecular weight excluding hydrogens is 486 g/mol. The Kier molecular flexibility index (Phi) is 6.24. The summed E-state index contributed by atoms with van der Waals surface area (Å²) in [5, 5.41) is 2.92. The highest BCUT2D eigenvalue weighted by Crippen LogP contribution is 2.43. The summed E-state index contributed by atoms with van der Waals surface area (Å²) in [7, 11) is 0. The van der Waals surface area contributed by atoms with Gasteiger partial charge in [0.15, 0.2) is 0 Å². The van der Waals surface area contributed by atoms with E-state index in [1.807, 2.05) is 17.0 Å². The van der Waals surface area contributed by atoms with E-state index in [0.29, 0.717) is 23.4 Å². The van der Waals surface area contributed by atoms with Crippen LogP contribution in [0.5, 0.6) is 0 Å². The first-order valence-corrected chi connectivity index (χ1v) is 14.6. The fraction of sp³-hybridized carbons (Fsp3) is 0.500. The van der Waals surface area contributed by atoms with E-state index in [0.717, 1.165) is 80.3 Å². The van der Waals surface area contributed by atoms with Crippen LogP contribution in [0.2, 0.25) is 0 Å². The minimum Gasteiger partial charge on any atom is -0.381 e. The normalized spacial score (nSPS) is 23.5. The maximum Gasteiger partial charge on any atom is 0.260 e. The number of benzene rings is 1. The smallest absolute Gasteiger partial charge is 0.260 e.